The predicted molar refractivity (Wildman–Crippen MR) is 124 cm³/mol. The number of imidazole rings is 1. The molecular weight excluding hydrogens is 458 g/mol. The van der Waals surface area contributed by atoms with Crippen molar-refractivity contribution in [3.63, 3.8) is 0 Å². The number of rotatable bonds is 8. The maximum absolute atomic E-state index is 13.0. The van der Waals surface area contributed by atoms with Gasteiger partial charge in [-0.3, -0.25) is 4.79 Å². The Morgan fingerprint density at radius 2 is 2.03 bits per heavy atom. The number of carbonyl (C=O) groups is 1. The molecule has 0 bridgehead atoms. The minimum Gasteiger partial charge on any atom is -0.379 e. The van der Waals surface area contributed by atoms with E-state index in [1.165, 1.54) is 4.31 Å². The second-order valence-electron chi connectivity index (χ2n) is 8.10. The Balaban J connectivity index is 1.46. The van der Waals surface area contributed by atoms with Crippen molar-refractivity contribution in [2.45, 2.75) is 37.6 Å². The third kappa shape index (κ3) is 4.96. The molecule has 0 atom stereocenters. The minimum absolute atomic E-state index is 0.193. The number of nitriles is 1. The van der Waals surface area contributed by atoms with Crippen LogP contribution in [0.4, 0.5) is 5.82 Å². The number of hydrogen-bond acceptors (Lipinski definition) is 7. The molecule has 0 unspecified atom stereocenters. The van der Waals surface area contributed by atoms with Gasteiger partial charge in [0.1, 0.15) is 11.6 Å². The largest absolute Gasteiger partial charge is 0.379 e. The lowest BCUT2D eigenvalue weighted by molar-refractivity contribution is -0.116. The number of nitrogens with zero attached hydrogens (tertiary/aromatic N) is 6. The summed E-state index contributed by atoms with van der Waals surface area (Å²) in [6.45, 7) is 3.66. The van der Waals surface area contributed by atoms with Crippen molar-refractivity contribution < 1.29 is 17.9 Å². The van der Waals surface area contributed by atoms with E-state index in [9.17, 15) is 13.2 Å². The van der Waals surface area contributed by atoms with E-state index in [2.05, 4.69) is 21.5 Å². The van der Waals surface area contributed by atoms with E-state index in [0.717, 1.165) is 11.2 Å². The van der Waals surface area contributed by atoms with Crippen molar-refractivity contribution in [1.29, 1.82) is 5.26 Å². The number of morpholine rings is 1. The fourth-order valence-electron chi connectivity index (χ4n) is 3.95. The van der Waals surface area contributed by atoms with Crippen LogP contribution in [0, 0.1) is 18.3 Å². The minimum atomic E-state index is -3.61. The number of amides is 1. The predicted octanol–water partition coefficient (Wildman–Crippen LogP) is 1.58. The van der Waals surface area contributed by atoms with Gasteiger partial charge in [-0.05, 0) is 25.1 Å². The van der Waals surface area contributed by atoms with Crippen LogP contribution in [-0.2, 0) is 39.6 Å². The highest BCUT2D eigenvalue weighted by atomic mass is 32.2. The second-order valence-corrected chi connectivity index (χ2v) is 10.0. The molecule has 1 aromatic carbocycles. The average Bonchev–Trinajstić information content (AvgIpc) is 3.34. The summed E-state index contributed by atoms with van der Waals surface area (Å²) in [5.74, 6) is 1.04. The van der Waals surface area contributed by atoms with E-state index in [-0.39, 0.29) is 17.2 Å². The smallest absolute Gasteiger partial charge is 0.243 e. The first kappa shape index (κ1) is 23.9. The van der Waals surface area contributed by atoms with Crippen molar-refractivity contribution in [3.05, 3.63) is 35.8 Å². The van der Waals surface area contributed by atoms with Crippen molar-refractivity contribution in [2.24, 2.45) is 7.05 Å². The number of sulfonamides is 1. The molecule has 0 aliphatic carbocycles. The van der Waals surface area contributed by atoms with Crippen molar-refractivity contribution in [1.82, 2.24) is 23.6 Å². The van der Waals surface area contributed by atoms with Gasteiger partial charge in [-0.15, -0.1) is 0 Å². The number of hydrogen-bond donors (Lipinski definition) is 1. The van der Waals surface area contributed by atoms with Gasteiger partial charge in [0.25, 0.3) is 0 Å². The number of anilines is 1. The molecule has 11 nitrogen and oxygen atoms in total. The van der Waals surface area contributed by atoms with Crippen LogP contribution in [-0.4, -0.2) is 64.3 Å². The summed E-state index contributed by atoms with van der Waals surface area (Å²) in [5, 5.41) is 16.0. The lowest BCUT2D eigenvalue weighted by Gasteiger charge is -2.26. The summed E-state index contributed by atoms with van der Waals surface area (Å²) in [6, 6.07) is 8.76. The van der Waals surface area contributed by atoms with Gasteiger partial charge in [-0.25, -0.2) is 18.1 Å². The molecular formula is C22H27N7O4S. The highest BCUT2D eigenvalue weighted by Crippen LogP contribution is 2.23. The van der Waals surface area contributed by atoms with Gasteiger partial charge in [0.2, 0.25) is 15.9 Å². The van der Waals surface area contributed by atoms with Crippen LogP contribution in [0.25, 0.3) is 11.0 Å². The molecule has 0 saturated carbocycles. The van der Waals surface area contributed by atoms with E-state index < -0.39 is 10.0 Å². The quantitative estimate of drug-likeness (QED) is 0.512. The zero-order chi connectivity index (χ0) is 24.3. The highest BCUT2D eigenvalue weighted by Gasteiger charge is 2.27. The number of carbonyl (C=O) groups excluding carboxylic acids is 1. The first-order valence-corrected chi connectivity index (χ1v) is 12.5. The molecule has 1 fully saturated rings. The van der Waals surface area contributed by atoms with Crippen molar-refractivity contribution >= 4 is 32.8 Å². The molecule has 1 N–H and O–H groups in total. The van der Waals surface area contributed by atoms with E-state index in [1.807, 2.05) is 18.5 Å². The maximum Gasteiger partial charge on any atom is 0.243 e. The van der Waals surface area contributed by atoms with Gasteiger partial charge in [-0.2, -0.15) is 14.7 Å². The van der Waals surface area contributed by atoms with Crippen LogP contribution < -0.4 is 5.32 Å². The average molecular weight is 486 g/mol. The summed E-state index contributed by atoms with van der Waals surface area (Å²) in [5.41, 5.74) is 2.12. The number of benzene rings is 1. The standard InChI is InChI=1S/C22H27N7O4S/c1-16-14-21(29(26-16)9-3-8-23)25-22(30)7-6-20-24-18-15-17(4-5-19(18)27(20)2)34(31,32)28-10-12-33-13-11-28/h4-5,14-15H,3,6-7,9-13H2,1-2H3,(H,25,30). The number of aromatic nitrogens is 4. The van der Waals surface area contributed by atoms with Gasteiger partial charge in [0.05, 0.1) is 53.9 Å². The molecule has 1 saturated heterocycles. The third-order valence-electron chi connectivity index (χ3n) is 5.73. The second kappa shape index (κ2) is 9.92. The van der Waals surface area contributed by atoms with Crippen LogP contribution in [0.2, 0.25) is 0 Å². The van der Waals surface area contributed by atoms with E-state index in [0.29, 0.717) is 62.8 Å². The molecule has 3 heterocycles. The maximum atomic E-state index is 13.0. The molecule has 0 spiro atoms. The van der Waals surface area contributed by atoms with Crippen LogP contribution >= 0.6 is 0 Å². The van der Waals surface area contributed by atoms with Crippen LogP contribution in [0.3, 0.4) is 0 Å². The summed E-state index contributed by atoms with van der Waals surface area (Å²) < 4.78 is 36.1. The summed E-state index contributed by atoms with van der Waals surface area (Å²) >= 11 is 0. The van der Waals surface area contributed by atoms with Gasteiger partial charge in [0, 0.05) is 39.0 Å². The zero-order valence-electron chi connectivity index (χ0n) is 19.2. The molecule has 12 heteroatoms. The Kier molecular flexibility index (Phi) is 6.97. The molecule has 2 aromatic heterocycles. The van der Waals surface area contributed by atoms with Crippen molar-refractivity contribution in [2.75, 3.05) is 31.6 Å². The van der Waals surface area contributed by atoms with E-state index in [1.54, 1.807) is 28.9 Å². The van der Waals surface area contributed by atoms with Crippen LogP contribution in [0.15, 0.2) is 29.2 Å². The monoisotopic (exact) mass is 485 g/mol. The molecule has 34 heavy (non-hydrogen) atoms. The first-order valence-electron chi connectivity index (χ1n) is 11.0. The number of ether oxygens (including phenoxy) is 1. The summed E-state index contributed by atoms with van der Waals surface area (Å²) in [7, 11) is -1.77. The van der Waals surface area contributed by atoms with Crippen molar-refractivity contribution in [3.8, 4) is 6.07 Å². The molecule has 4 rings (SSSR count). The normalized spacial score (nSPS) is 14.9. The Morgan fingerprint density at radius 1 is 1.26 bits per heavy atom. The van der Waals surface area contributed by atoms with Gasteiger partial charge < -0.3 is 14.6 Å². The molecule has 0 radical (unpaired) electrons. The molecule has 1 aliphatic heterocycles. The van der Waals surface area contributed by atoms with Gasteiger partial charge in [-0.1, -0.05) is 0 Å². The molecule has 3 aromatic rings. The number of fused-ring (bicyclic) bond motifs is 1. The molecule has 1 amide bonds. The topological polar surface area (TPSA) is 135 Å². The molecule has 1 aliphatic rings. The van der Waals surface area contributed by atoms with Gasteiger partial charge >= 0.3 is 0 Å². The van der Waals surface area contributed by atoms with E-state index in [4.69, 9.17) is 10.00 Å². The molecule has 180 valence electrons. The van der Waals surface area contributed by atoms with Gasteiger partial charge in [0.15, 0.2) is 0 Å². The number of nitrogens with one attached hydrogen (secondary N) is 1. The summed E-state index contributed by atoms with van der Waals surface area (Å²) in [6.07, 6.45) is 0.875. The Hall–Kier alpha value is -3.27. The first-order chi connectivity index (χ1) is 16.3. The summed E-state index contributed by atoms with van der Waals surface area (Å²) in [4.78, 5) is 17.4. The third-order valence-corrected chi connectivity index (χ3v) is 7.63. The van der Waals surface area contributed by atoms with Crippen LogP contribution in [0.5, 0.6) is 0 Å². The lowest BCUT2D eigenvalue weighted by atomic mass is 10.3. The zero-order valence-corrected chi connectivity index (χ0v) is 20.0. The number of aryl methyl sites for hydroxylation is 4. The lowest BCUT2D eigenvalue weighted by Crippen LogP contribution is -2.40. The fourth-order valence-corrected chi connectivity index (χ4v) is 5.38. The Morgan fingerprint density at radius 3 is 2.76 bits per heavy atom. The van der Waals surface area contributed by atoms with E-state index >= 15 is 0 Å². The fraction of sp³-hybridized carbons (Fsp3) is 0.455. The SMILES string of the molecule is Cc1cc(NC(=O)CCc2nc3cc(S(=O)(=O)N4CCOCC4)ccc3n2C)n(CCC#N)n1. The Labute approximate surface area is 198 Å². The van der Waals surface area contributed by atoms with Crippen LogP contribution in [0.1, 0.15) is 24.4 Å². The Bertz CT molecular complexity index is 1350. The highest BCUT2D eigenvalue weighted by molar-refractivity contribution is 7.89.